The van der Waals surface area contributed by atoms with Crippen LogP contribution in [0.2, 0.25) is 0 Å². The monoisotopic (exact) mass is 227 g/mol. The van der Waals surface area contributed by atoms with Gasteiger partial charge in [0.25, 0.3) is 5.56 Å². The van der Waals surface area contributed by atoms with Crippen LogP contribution in [-0.4, -0.2) is 25.0 Å². The summed E-state index contributed by atoms with van der Waals surface area (Å²) in [5, 5.41) is 7.62. The minimum atomic E-state index is -0.235. The van der Waals surface area contributed by atoms with Gasteiger partial charge in [-0.3, -0.25) is 4.79 Å². The Bertz CT molecular complexity index is 728. The van der Waals surface area contributed by atoms with E-state index in [1.165, 1.54) is 4.68 Å². The Balaban J connectivity index is 2.30. The second kappa shape index (κ2) is 3.51. The molecule has 3 aromatic rings. The highest BCUT2D eigenvalue weighted by Crippen LogP contribution is 2.13. The van der Waals surface area contributed by atoms with E-state index in [1.54, 1.807) is 7.05 Å². The van der Waals surface area contributed by atoms with E-state index < -0.39 is 0 Å². The van der Waals surface area contributed by atoms with Gasteiger partial charge in [-0.05, 0) is 0 Å². The number of benzene rings is 1. The summed E-state index contributed by atoms with van der Waals surface area (Å²) in [5.74, 6) is 0.503. The molecular weight excluding hydrogens is 218 g/mol. The van der Waals surface area contributed by atoms with Crippen molar-refractivity contribution in [2.75, 3.05) is 0 Å². The van der Waals surface area contributed by atoms with Crippen molar-refractivity contribution in [3.63, 3.8) is 0 Å². The van der Waals surface area contributed by atoms with Gasteiger partial charge in [-0.15, -0.1) is 5.10 Å². The predicted molar refractivity (Wildman–Crippen MR) is 62.4 cm³/mol. The van der Waals surface area contributed by atoms with Gasteiger partial charge in [0.1, 0.15) is 5.82 Å². The van der Waals surface area contributed by atoms with E-state index in [-0.39, 0.29) is 5.56 Å². The van der Waals surface area contributed by atoms with Crippen molar-refractivity contribution < 1.29 is 0 Å². The Labute approximate surface area is 95.9 Å². The van der Waals surface area contributed by atoms with Gasteiger partial charge in [-0.2, -0.15) is 0 Å². The third-order valence-corrected chi connectivity index (χ3v) is 2.52. The van der Waals surface area contributed by atoms with Crippen molar-refractivity contribution in [1.82, 2.24) is 25.0 Å². The summed E-state index contributed by atoms with van der Waals surface area (Å²) >= 11 is 0. The lowest BCUT2D eigenvalue weighted by molar-refractivity contribution is 0.733. The molecule has 0 aliphatic rings. The Morgan fingerprint density at radius 3 is 2.76 bits per heavy atom. The lowest BCUT2D eigenvalue weighted by atomic mass is 10.2. The fourth-order valence-corrected chi connectivity index (χ4v) is 1.70. The summed E-state index contributed by atoms with van der Waals surface area (Å²) in [4.78, 5) is 18.9. The van der Waals surface area contributed by atoms with Crippen LogP contribution in [-0.2, 0) is 7.05 Å². The van der Waals surface area contributed by atoms with Gasteiger partial charge >= 0.3 is 0 Å². The van der Waals surface area contributed by atoms with Crippen LogP contribution in [0.5, 0.6) is 0 Å². The van der Waals surface area contributed by atoms with Gasteiger partial charge in [0, 0.05) is 12.6 Å². The highest BCUT2D eigenvalue weighted by Gasteiger charge is 2.10. The number of nitrogens with one attached hydrogen (secondary N) is 1. The molecule has 2 aromatic heterocycles. The maximum atomic E-state index is 11.9. The van der Waals surface area contributed by atoms with Crippen LogP contribution in [0.4, 0.5) is 0 Å². The van der Waals surface area contributed by atoms with E-state index >= 15 is 0 Å². The molecule has 0 aliphatic heterocycles. The molecule has 0 aliphatic carbocycles. The SMILES string of the molecule is Cn1nnc2nc(-c3ccccc3)[nH]c(=O)c21. The van der Waals surface area contributed by atoms with Crippen molar-refractivity contribution >= 4 is 11.2 Å². The number of aryl methyl sites for hydroxylation is 1. The summed E-state index contributed by atoms with van der Waals surface area (Å²) in [5.41, 5.74) is 1.35. The van der Waals surface area contributed by atoms with Crippen molar-refractivity contribution in [3.8, 4) is 11.4 Å². The zero-order valence-electron chi connectivity index (χ0n) is 9.08. The fraction of sp³-hybridized carbons (Fsp3) is 0.0909. The van der Waals surface area contributed by atoms with E-state index in [2.05, 4.69) is 20.3 Å². The van der Waals surface area contributed by atoms with E-state index in [4.69, 9.17) is 0 Å². The molecule has 6 heteroatoms. The van der Waals surface area contributed by atoms with Crippen LogP contribution in [0.15, 0.2) is 35.1 Å². The topological polar surface area (TPSA) is 76.5 Å². The second-order valence-electron chi connectivity index (χ2n) is 3.67. The zero-order chi connectivity index (χ0) is 11.8. The number of aromatic nitrogens is 5. The quantitative estimate of drug-likeness (QED) is 0.664. The van der Waals surface area contributed by atoms with Gasteiger partial charge in [-0.25, -0.2) is 9.67 Å². The molecule has 0 saturated heterocycles. The molecular formula is C11H9N5O. The Morgan fingerprint density at radius 2 is 2.00 bits per heavy atom. The molecule has 17 heavy (non-hydrogen) atoms. The third-order valence-electron chi connectivity index (χ3n) is 2.52. The molecule has 6 nitrogen and oxygen atoms in total. The van der Waals surface area contributed by atoms with Crippen LogP contribution in [0.1, 0.15) is 0 Å². The Hall–Kier alpha value is -2.50. The molecule has 1 aromatic carbocycles. The summed E-state index contributed by atoms with van der Waals surface area (Å²) in [6.45, 7) is 0. The molecule has 84 valence electrons. The molecule has 0 amide bonds. The number of nitrogens with zero attached hydrogens (tertiary/aromatic N) is 4. The highest BCUT2D eigenvalue weighted by atomic mass is 16.1. The van der Waals surface area contributed by atoms with Gasteiger partial charge < -0.3 is 4.98 Å². The van der Waals surface area contributed by atoms with E-state index in [9.17, 15) is 4.79 Å². The lowest BCUT2D eigenvalue weighted by Crippen LogP contribution is -2.12. The molecule has 2 heterocycles. The molecule has 0 fully saturated rings. The van der Waals surface area contributed by atoms with E-state index in [0.29, 0.717) is 17.0 Å². The zero-order valence-corrected chi connectivity index (χ0v) is 9.08. The van der Waals surface area contributed by atoms with Crippen molar-refractivity contribution in [2.24, 2.45) is 7.05 Å². The number of H-pyrrole nitrogens is 1. The molecule has 0 radical (unpaired) electrons. The molecule has 0 unspecified atom stereocenters. The number of hydrogen-bond donors (Lipinski definition) is 1. The summed E-state index contributed by atoms with van der Waals surface area (Å²) < 4.78 is 1.41. The standard InChI is InChI=1S/C11H9N5O/c1-16-8-10(14-15-16)12-9(13-11(8)17)7-5-3-2-4-6-7/h2-6H,1H3,(H,12,13,17). The average Bonchev–Trinajstić information content (AvgIpc) is 2.73. The summed E-state index contributed by atoms with van der Waals surface area (Å²) in [7, 11) is 1.66. The smallest absolute Gasteiger partial charge is 0.279 e. The molecule has 0 atom stereocenters. The van der Waals surface area contributed by atoms with Crippen molar-refractivity contribution in [3.05, 3.63) is 40.7 Å². The Morgan fingerprint density at radius 1 is 1.24 bits per heavy atom. The molecule has 0 saturated carbocycles. The first kappa shape index (κ1) is 9.71. The molecule has 0 spiro atoms. The maximum absolute atomic E-state index is 11.9. The highest BCUT2D eigenvalue weighted by molar-refractivity contribution is 5.71. The molecule has 3 rings (SSSR count). The first-order valence-corrected chi connectivity index (χ1v) is 5.11. The summed E-state index contributed by atoms with van der Waals surface area (Å²) in [6, 6.07) is 9.43. The summed E-state index contributed by atoms with van der Waals surface area (Å²) in [6.07, 6.45) is 0. The van der Waals surface area contributed by atoms with Gasteiger partial charge in [0.15, 0.2) is 5.52 Å². The van der Waals surface area contributed by atoms with Crippen LogP contribution < -0.4 is 5.56 Å². The van der Waals surface area contributed by atoms with Crippen molar-refractivity contribution in [2.45, 2.75) is 0 Å². The van der Waals surface area contributed by atoms with Gasteiger partial charge in [-0.1, -0.05) is 35.5 Å². The number of aromatic amines is 1. The largest absolute Gasteiger partial charge is 0.305 e. The third kappa shape index (κ3) is 1.50. The normalized spacial score (nSPS) is 10.9. The van der Waals surface area contributed by atoms with E-state index in [0.717, 1.165) is 5.56 Å². The van der Waals surface area contributed by atoms with Crippen LogP contribution in [0, 0.1) is 0 Å². The second-order valence-corrected chi connectivity index (χ2v) is 3.67. The fourth-order valence-electron chi connectivity index (χ4n) is 1.70. The van der Waals surface area contributed by atoms with Gasteiger partial charge in [0.05, 0.1) is 0 Å². The van der Waals surface area contributed by atoms with Crippen LogP contribution in [0.3, 0.4) is 0 Å². The lowest BCUT2D eigenvalue weighted by Gasteiger charge is -1.99. The van der Waals surface area contributed by atoms with E-state index in [1.807, 2.05) is 30.3 Å². The number of fused-ring (bicyclic) bond motifs is 1. The van der Waals surface area contributed by atoms with Gasteiger partial charge in [0.2, 0.25) is 5.65 Å². The Kier molecular flexibility index (Phi) is 2.01. The van der Waals surface area contributed by atoms with Crippen LogP contribution in [0.25, 0.3) is 22.6 Å². The number of rotatable bonds is 1. The first-order chi connectivity index (χ1) is 8.25. The van der Waals surface area contributed by atoms with Crippen molar-refractivity contribution in [1.29, 1.82) is 0 Å². The first-order valence-electron chi connectivity index (χ1n) is 5.11. The number of hydrogen-bond acceptors (Lipinski definition) is 4. The molecule has 0 bridgehead atoms. The average molecular weight is 227 g/mol. The predicted octanol–water partition coefficient (Wildman–Crippen LogP) is 0.719. The minimum Gasteiger partial charge on any atom is -0.305 e. The minimum absolute atomic E-state index is 0.235. The molecule has 1 N–H and O–H groups in total. The van der Waals surface area contributed by atoms with Crippen LogP contribution >= 0.6 is 0 Å². The maximum Gasteiger partial charge on any atom is 0.279 e.